The van der Waals surface area contributed by atoms with E-state index in [0.29, 0.717) is 19.0 Å². The van der Waals surface area contributed by atoms with Gasteiger partial charge in [-0.2, -0.15) is 0 Å². The minimum Gasteiger partial charge on any atom is -0.390 e. The fourth-order valence-corrected chi connectivity index (χ4v) is 4.15. The zero-order chi connectivity index (χ0) is 21.7. The summed E-state index contributed by atoms with van der Waals surface area (Å²) in [4.78, 5) is 6.90. The summed E-state index contributed by atoms with van der Waals surface area (Å²) in [5.74, 6) is 1.41. The standard InChI is InChI=1S/C24H40N4O3.HI/c1-2-25-24(26-11-5-13-31-19-20-9-14-30-15-10-20)27-16-23(29)18-28-12-8-21-6-3-4-7-22(21)17-28;/h3-4,6-7,20,23,29H,2,5,8-19H2,1H3,(H2,25,26,27);1H. The Bertz CT molecular complexity index is 670. The van der Waals surface area contributed by atoms with Gasteiger partial charge in [0.2, 0.25) is 0 Å². The van der Waals surface area contributed by atoms with Crippen LogP contribution in [-0.4, -0.2) is 81.2 Å². The van der Waals surface area contributed by atoms with Crippen molar-refractivity contribution in [2.24, 2.45) is 10.9 Å². The summed E-state index contributed by atoms with van der Waals surface area (Å²) in [5.41, 5.74) is 2.81. The van der Waals surface area contributed by atoms with Gasteiger partial charge in [-0.25, -0.2) is 0 Å². The number of guanidine groups is 1. The number of nitrogens with zero attached hydrogens (tertiary/aromatic N) is 2. The van der Waals surface area contributed by atoms with E-state index in [2.05, 4.69) is 51.7 Å². The van der Waals surface area contributed by atoms with E-state index in [1.165, 1.54) is 11.1 Å². The van der Waals surface area contributed by atoms with Crippen LogP contribution in [0.15, 0.2) is 29.3 Å². The third kappa shape index (κ3) is 9.91. The van der Waals surface area contributed by atoms with Crippen LogP contribution in [0, 0.1) is 5.92 Å². The maximum absolute atomic E-state index is 10.5. The number of aliphatic hydroxyl groups excluding tert-OH is 1. The fourth-order valence-electron chi connectivity index (χ4n) is 4.15. The van der Waals surface area contributed by atoms with Crippen LogP contribution in [0.4, 0.5) is 0 Å². The number of β-amino-alcohol motifs (C(OH)–C–C–N with tert-alkyl or cyclic N) is 1. The van der Waals surface area contributed by atoms with Gasteiger partial charge >= 0.3 is 0 Å². The zero-order valence-corrected chi connectivity index (χ0v) is 21.8. The van der Waals surface area contributed by atoms with Gasteiger partial charge in [-0.3, -0.25) is 9.89 Å². The molecule has 1 fully saturated rings. The Morgan fingerprint density at radius 1 is 1.25 bits per heavy atom. The predicted octanol–water partition coefficient (Wildman–Crippen LogP) is 2.41. The van der Waals surface area contributed by atoms with E-state index >= 15 is 0 Å². The second-order valence-electron chi connectivity index (χ2n) is 8.54. The number of halogens is 1. The summed E-state index contributed by atoms with van der Waals surface area (Å²) in [7, 11) is 0. The first kappa shape index (κ1) is 27.3. The second-order valence-corrected chi connectivity index (χ2v) is 8.54. The number of hydrogen-bond donors (Lipinski definition) is 3. The Labute approximate surface area is 210 Å². The fraction of sp³-hybridized carbons (Fsp3) is 0.708. The molecular formula is C24H41IN4O3. The summed E-state index contributed by atoms with van der Waals surface area (Å²) in [5, 5.41) is 17.1. The van der Waals surface area contributed by atoms with Crippen LogP contribution in [0.5, 0.6) is 0 Å². The molecule has 1 atom stereocenters. The minimum atomic E-state index is -0.469. The second kappa shape index (κ2) is 15.8. The normalized spacial score (nSPS) is 18.5. The Morgan fingerprint density at radius 2 is 2.03 bits per heavy atom. The number of ether oxygens (including phenoxy) is 2. The summed E-state index contributed by atoms with van der Waals surface area (Å²) in [6, 6.07) is 8.59. The first-order chi connectivity index (χ1) is 15.2. The van der Waals surface area contributed by atoms with Crippen LogP contribution in [-0.2, 0) is 22.4 Å². The number of aliphatic hydroxyl groups is 1. The van der Waals surface area contributed by atoms with Crippen LogP contribution < -0.4 is 10.6 Å². The molecule has 0 spiro atoms. The zero-order valence-electron chi connectivity index (χ0n) is 19.4. The highest BCUT2D eigenvalue weighted by atomic mass is 127. The summed E-state index contributed by atoms with van der Waals surface area (Å²) < 4.78 is 11.2. The van der Waals surface area contributed by atoms with E-state index in [1.54, 1.807) is 0 Å². The van der Waals surface area contributed by atoms with Crippen molar-refractivity contribution in [2.45, 2.75) is 45.3 Å². The molecule has 0 amide bonds. The van der Waals surface area contributed by atoms with Gasteiger partial charge in [-0.05, 0) is 49.7 Å². The molecule has 182 valence electrons. The first-order valence-electron chi connectivity index (χ1n) is 11.9. The third-order valence-corrected chi connectivity index (χ3v) is 5.94. The Balaban J connectivity index is 0.00000363. The summed E-state index contributed by atoms with van der Waals surface area (Å²) in [6.45, 7) is 9.93. The molecule has 0 radical (unpaired) electrons. The van der Waals surface area contributed by atoms with Crippen LogP contribution >= 0.6 is 24.0 Å². The molecule has 7 nitrogen and oxygen atoms in total. The lowest BCUT2D eigenvalue weighted by molar-refractivity contribution is 0.0203. The maximum atomic E-state index is 10.5. The van der Waals surface area contributed by atoms with E-state index in [-0.39, 0.29) is 24.0 Å². The Kier molecular flexibility index (Phi) is 13.5. The van der Waals surface area contributed by atoms with Crippen LogP contribution in [0.1, 0.15) is 37.3 Å². The molecule has 0 aliphatic carbocycles. The van der Waals surface area contributed by atoms with Crippen molar-refractivity contribution in [2.75, 3.05) is 59.2 Å². The molecule has 3 N–H and O–H groups in total. The molecule has 3 rings (SSSR count). The van der Waals surface area contributed by atoms with Gasteiger partial charge in [0, 0.05) is 59.2 Å². The largest absolute Gasteiger partial charge is 0.390 e. The summed E-state index contributed by atoms with van der Waals surface area (Å²) >= 11 is 0. The quantitative estimate of drug-likeness (QED) is 0.167. The van der Waals surface area contributed by atoms with Gasteiger partial charge in [0.1, 0.15) is 0 Å². The molecule has 8 heteroatoms. The topological polar surface area (TPSA) is 78.4 Å². The highest BCUT2D eigenvalue weighted by Crippen LogP contribution is 2.18. The number of benzene rings is 1. The average Bonchev–Trinajstić information content (AvgIpc) is 2.80. The van der Waals surface area contributed by atoms with Gasteiger partial charge < -0.3 is 25.2 Å². The van der Waals surface area contributed by atoms with Crippen LogP contribution in [0.2, 0.25) is 0 Å². The number of nitrogens with one attached hydrogen (secondary N) is 2. The van der Waals surface area contributed by atoms with Gasteiger partial charge in [0.15, 0.2) is 5.96 Å². The van der Waals surface area contributed by atoms with Gasteiger partial charge in [0.05, 0.1) is 12.6 Å². The molecule has 0 aromatic heterocycles. The van der Waals surface area contributed by atoms with E-state index in [1.807, 2.05) is 0 Å². The first-order valence-corrected chi connectivity index (χ1v) is 11.9. The number of rotatable bonds is 11. The van der Waals surface area contributed by atoms with E-state index in [4.69, 9.17) is 9.47 Å². The number of fused-ring (bicyclic) bond motifs is 1. The lowest BCUT2D eigenvalue weighted by atomic mass is 10.00. The number of hydrogen-bond acceptors (Lipinski definition) is 5. The molecule has 1 aromatic rings. The van der Waals surface area contributed by atoms with Crippen molar-refractivity contribution < 1.29 is 14.6 Å². The van der Waals surface area contributed by atoms with Crippen molar-refractivity contribution in [3.63, 3.8) is 0 Å². The van der Waals surface area contributed by atoms with E-state index < -0.39 is 6.10 Å². The van der Waals surface area contributed by atoms with E-state index in [0.717, 1.165) is 84.2 Å². The predicted molar refractivity (Wildman–Crippen MR) is 140 cm³/mol. The molecule has 32 heavy (non-hydrogen) atoms. The Hall–Kier alpha value is -0.940. The SMILES string of the molecule is CCNC(=NCC(O)CN1CCc2ccccc2C1)NCCCOCC1CCOCC1.I. The highest BCUT2D eigenvalue weighted by Gasteiger charge is 2.18. The van der Waals surface area contributed by atoms with Crippen molar-refractivity contribution in [3.05, 3.63) is 35.4 Å². The van der Waals surface area contributed by atoms with Crippen molar-refractivity contribution in [3.8, 4) is 0 Å². The molecule has 1 aromatic carbocycles. The van der Waals surface area contributed by atoms with Gasteiger partial charge in [-0.1, -0.05) is 24.3 Å². The van der Waals surface area contributed by atoms with Crippen molar-refractivity contribution in [1.29, 1.82) is 0 Å². The molecule has 2 aliphatic heterocycles. The average molecular weight is 561 g/mol. The molecule has 1 unspecified atom stereocenters. The Morgan fingerprint density at radius 3 is 2.81 bits per heavy atom. The monoisotopic (exact) mass is 560 g/mol. The van der Waals surface area contributed by atoms with Gasteiger partial charge in [-0.15, -0.1) is 24.0 Å². The summed E-state index contributed by atoms with van der Waals surface area (Å²) in [6.07, 6.45) is 3.74. The number of aliphatic imine (C=N–C) groups is 1. The third-order valence-electron chi connectivity index (χ3n) is 5.94. The molecule has 0 saturated carbocycles. The van der Waals surface area contributed by atoms with Crippen molar-refractivity contribution in [1.82, 2.24) is 15.5 Å². The van der Waals surface area contributed by atoms with E-state index in [9.17, 15) is 5.11 Å². The molecule has 2 heterocycles. The lowest BCUT2D eigenvalue weighted by Crippen LogP contribution is -2.40. The van der Waals surface area contributed by atoms with Gasteiger partial charge in [0.25, 0.3) is 0 Å². The smallest absolute Gasteiger partial charge is 0.191 e. The van der Waals surface area contributed by atoms with Crippen LogP contribution in [0.25, 0.3) is 0 Å². The molecular weight excluding hydrogens is 519 g/mol. The highest BCUT2D eigenvalue weighted by molar-refractivity contribution is 14.0. The minimum absolute atomic E-state index is 0. The molecule has 2 aliphatic rings. The van der Waals surface area contributed by atoms with Crippen LogP contribution in [0.3, 0.4) is 0 Å². The maximum Gasteiger partial charge on any atom is 0.191 e. The molecule has 0 bridgehead atoms. The lowest BCUT2D eigenvalue weighted by Gasteiger charge is -2.30. The molecule has 1 saturated heterocycles. The van der Waals surface area contributed by atoms with Crippen molar-refractivity contribution >= 4 is 29.9 Å².